The third-order valence-corrected chi connectivity index (χ3v) is 5.92. The Morgan fingerprint density at radius 1 is 1.19 bits per heavy atom. The van der Waals surface area contributed by atoms with Crippen LogP contribution in [-0.4, -0.2) is 21.9 Å². The van der Waals surface area contributed by atoms with Gasteiger partial charge in [0.15, 0.2) is 5.16 Å². The molecule has 1 heterocycles. The Balaban J connectivity index is 1.60. The zero-order valence-electron chi connectivity index (χ0n) is 15.8. The van der Waals surface area contributed by atoms with E-state index in [1.54, 1.807) is 6.92 Å². The van der Waals surface area contributed by atoms with Crippen LogP contribution in [0.3, 0.4) is 0 Å². The summed E-state index contributed by atoms with van der Waals surface area (Å²) in [6.07, 6.45) is 6.99. The average Bonchev–Trinajstić information content (AvgIpc) is 2.92. The summed E-state index contributed by atoms with van der Waals surface area (Å²) in [6, 6.07) is 10.3. The van der Waals surface area contributed by atoms with Crippen LogP contribution < -0.4 is 10.9 Å². The van der Waals surface area contributed by atoms with Crippen LogP contribution in [0, 0.1) is 6.92 Å². The van der Waals surface area contributed by atoms with Gasteiger partial charge >= 0.3 is 0 Å². The predicted octanol–water partition coefficient (Wildman–Crippen LogP) is 3.75. The van der Waals surface area contributed by atoms with E-state index in [2.05, 4.69) is 15.3 Å². The molecule has 1 amide bonds. The van der Waals surface area contributed by atoms with Gasteiger partial charge < -0.3 is 10.3 Å². The highest BCUT2D eigenvalue weighted by Crippen LogP contribution is 2.19. The van der Waals surface area contributed by atoms with Crippen molar-refractivity contribution < 1.29 is 4.79 Å². The lowest BCUT2D eigenvalue weighted by molar-refractivity contribution is -0.121. The molecular formula is C21H27N3O2S. The number of H-pyrrole nitrogens is 1. The number of rotatable bonds is 6. The minimum absolute atomic E-state index is 0.0815. The number of carbonyl (C=O) groups is 1. The summed E-state index contributed by atoms with van der Waals surface area (Å²) in [7, 11) is 0. The first kappa shape index (κ1) is 19.7. The van der Waals surface area contributed by atoms with Crippen molar-refractivity contribution in [2.75, 3.05) is 0 Å². The van der Waals surface area contributed by atoms with Crippen LogP contribution in [-0.2, 0) is 17.0 Å². The van der Waals surface area contributed by atoms with Gasteiger partial charge in [-0.25, -0.2) is 4.98 Å². The lowest BCUT2D eigenvalue weighted by Crippen LogP contribution is -2.36. The van der Waals surface area contributed by atoms with E-state index in [0.717, 1.165) is 18.6 Å². The molecular weight excluding hydrogens is 358 g/mol. The summed E-state index contributed by atoms with van der Waals surface area (Å²) in [6.45, 7) is 1.80. The molecule has 0 spiro atoms. The monoisotopic (exact) mass is 385 g/mol. The van der Waals surface area contributed by atoms with Gasteiger partial charge in [0.2, 0.25) is 5.91 Å². The topological polar surface area (TPSA) is 74.8 Å². The van der Waals surface area contributed by atoms with Crippen molar-refractivity contribution in [2.45, 2.75) is 68.8 Å². The maximum Gasteiger partial charge on any atom is 0.255 e. The Morgan fingerprint density at radius 2 is 1.89 bits per heavy atom. The van der Waals surface area contributed by atoms with Crippen LogP contribution in [0.1, 0.15) is 55.3 Å². The number of aryl methyl sites for hydroxylation is 1. The van der Waals surface area contributed by atoms with E-state index in [1.165, 1.54) is 43.0 Å². The van der Waals surface area contributed by atoms with Crippen molar-refractivity contribution in [3.8, 4) is 0 Å². The first-order valence-corrected chi connectivity index (χ1v) is 10.7. The summed E-state index contributed by atoms with van der Waals surface area (Å²) in [5, 5.41) is 3.69. The van der Waals surface area contributed by atoms with Crippen LogP contribution in [0.4, 0.5) is 0 Å². The molecule has 0 aliphatic heterocycles. The third-order valence-electron chi connectivity index (χ3n) is 4.98. The number of aromatic nitrogens is 2. The summed E-state index contributed by atoms with van der Waals surface area (Å²) in [4.78, 5) is 32.2. The zero-order chi connectivity index (χ0) is 19.1. The highest BCUT2D eigenvalue weighted by molar-refractivity contribution is 7.98. The number of hydrogen-bond acceptors (Lipinski definition) is 4. The molecule has 1 fully saturated rings. The lowest BCUT2D eigenvalue weighted by Gasteiger charge is -2.16. The second-order valence-corrected chi connectivity index (χ2v) is 8.11. The van der Waals surface area contributed by atoms with Gasteiger partial charge in [0, 0.05) is 23.1 Å². The second-order valence-electron chi connectivity index (χ2n) is 7.14. The fourth-order valence-electron chi connectivity index (χ4n) is 3.45. The van der Waals surface area contributed by atoms with E-state index in [9.17, 15) is 9.59 Å². The number of carbonyl (C=O) groups excluding carboxylic acids is 1. The molecule has 1 aromatic heterocycles. The van der Waals surface area contributed by atoms with Gasteiger partial charge in [-0.1, -0.05) is 67.8 Å². The van der Waals surface area contributed by atoms with Crippen LogP contribution in [0.15, 0.2) is 40.3 Å². The molecule has 1 aromatic carbocycles. The Morgan fingerprint density at radius 3 is 2.56 bits per heavy atom. The van der Waals surface area contributed by atoms with Crippen LogP contribution in [0.5, 0.6) is 0 Å². The molecule has 5 nitrogen and oxygen atoms in total. The van der Waals surface area contributed by atoms with Crippen molar-refractivity contribution in [1.82, 2.24) is 15.3 Å². The van der Waals surface area contributed by atoms with Gasteiger partial charge in [-0.3, -0.25) is 9.59 Å². The van der Waals surface area contributed by atoms with Gasteiger partial charge in [-0.05, 0) is 25.3 Å². The number of hydrogen-bond donors (Lipinski definition) is 2. The van der Waals surface area contributed by atoms with Crippen molar-refractivity contribution >= 4 is 17.7 Å². The Kier molecular flexibility index (Phi) is 7.10. The number of amides is 1. The molecule has 144 valence electrons. The number of benzene rings is 1. The maximum absolute atomic E-state index is 12.5. The highest BCUT2D eigenvalue weighted by Gasteiger charge is 2.17. The quantitative estimate of drug-likeness (QED) is 0.451. The van der Waals surface area contributed by atoms with E-state index < -0.39 is 0 Å². The molecule has 0 saturated heterocycles. The number of thioether (sulfide) groups is 1. The van der Waals surface area contributed by atoms with Gasteiger partial charge in [0.05, 0.1) is 6.42 Å². The van der Waals surface area contributed by atoms with Gasteiger partial charge in [0.25, 0.3) is 5.56 Å². The molecule has 0 bridgehead atoms. The minimum Gasteiger partial charge on any atom is -0.353 e. The Hall–Kier alpha value is -2.08. The molecule has 1 aliphatic carbocycles. The van der Waals surface area contributed by atoms with Crippen LogP contribution >= 0.6 is 11.8 Å². The standard InChI is InChI=1S/C21H27N3O2S/c1-15-18(13-19(25)23-17-11-7-2-3-8-12-17)20(26)24-21(22-15)27-14-16-9-5-4-6-10-16/h4-6,9-10,17H,2-3,7-8,11-14H2,1H3,(H,23,25)(H,22,24,26). The highest BCUT2D eigenvalue weighted by atomic mass is 32.2. The van der Waals surface area contributed by atoms with Crippen molar-refractivity contribution in [2.24, 2.45) is 0 Å². The molecule has 0 unspecified atom stereocenters. The Bertz CT molecular complexity index is 812. The van der Waals surface area contributed by atoms with Gasteiger partial charge in [-0.2, -0.15) is 0 Å². The molecule has 1 saturated carbocycles. The molecule has 2 N–H and O–H groups in total. The summed E-state index contributed by atoms with van der Waals surface area (Å²) in [5.41, 5.74) is 2.05. The third kappa shape index (κ3) is 5.96. The number of aromatic amines is 1. The summed E-state index contributed by atoms with van der Waals surface area (Å²) < 4.78 is 0. The SMILES string of the molecule is Cc1nc(SCc2ccccc2)[nH]c(=O)c1CC(=O)NC1CCCCCC1. The first-order chi connectivity index (χ1) is 13.1. The summed E-state index contributed by atoms with van der Waals surface area (Å²) >= 11 is 1.49. The zero-order valence-corrected chi connectivity index (χ0v) is 16.6. The second kappa shape index (κ2) is 9.74. The van der Waals surface area contributed by atoms with E-state index in [4.69, 9.17) is 0 Å². The average molecular weight is 386 g/mol. The molecule has 2 aromatic rings. The van der Waals surface area contributed by atoms with Gasteiger partial charge in [-0.15, -0.1) is 0 Å². The molecule has 27 heavy (non-hydrogen) atoms. The van der Waals surface area contributed by atoms with Crippen LogP contribution in [0.2, 0.25) is 0 Å². The van der Waals surface area contributed by atoms with Crippen molar-refractivity contribution in [3.63, 3.8) is 0 Å². The Labute approximate surface area is 164 Å². The minimum atomic E-state index is -0.214. The van der Waals surface area contributed by atoms with Crippen molar-refractivity contribution in [1.29, 1.82) is 0 Å². The molecule has 0 atom stereocenters. The molecule has 0 radical (unpaired) electrons. The van der Waals surface area contributed by atoms with E-state index in [0.29, 0.717) is 16.4 Å². The van der Waals surface area contributed by atoms with E-state index >= 15 is 0 Å². The maximum atomic E-state index is 12.5. The smallest absolute Gasteiger partial charge is 0.255 e. The first-order valence-electron chi connectivity index (χ1n) is 9.67. The van der Waals surface area contributed by atoms with Crippen molar-refractivity contribution in [3.05, 3.63) is 57.5 Å². The van der Waals surface area contributed by atoms with E-state index in [-0.39, 0.29) is 23.9 Å². The lowest BCUT2D eigenvalue weighted by atomic mass is 10.1. The fourth-order valence-corrected chi connectivity index (χ4v) is 4.31. The number of nitrogens with zero attached hydrogens (tertiary/aromatic N) is 1. The van der Waals surface area contributed by atoms with E-state index in [1.807, 2.05) is 30.3 Å². The predicted molar refractivity (Wildman–Crippen MR) is 109 cm³/mol. The normalized spacial score (nSPS) is 15.3. The summed E-state index contributed by atoms with van der Waals surface area (Å²) in [5.74, 6) is 0.659. The van der Waals surface area contributed by atoms with Gasteiger partial charge in [0.1, 0.15) is 0 Å². The molecule has 3 rings (SSSR count). The molecule has 1 aliphatic rings. The van der Waals surface area contributed by atoms with Crippen LogP contribution in [0.25, 0.3) is 0 Å². The fraction of sp³-hybridized carbons (Fsp3) is 0.476. The molecule has 6 heteroatoms. The largest absolute Gasteiger partial charge is 0.353 e. The number of nitrogens with one attached hydrogen (secondary N) is 2.